The first kappa shape index (κ1) is 14.7. The third-order valence-electron chi connectivity index (χ3n) is 3.35. The first-order valence-corrected chi connectivity index (χ1v) is 6.45. The summed E-state index contributed by atoms with van der Waals surface area (Å²) in [6, 6.07) is 0. The summed E-state index contributed by atoms with van der Waals surface area (Å²) in [6.45, 7) is 9.32. The monoisotopic (exact) mass is 254 g/mol. The van der Waals surface area contributed by atoms with E-state index < -0.39 is 5.91 Å². The molecular weight excluding hydrogens is 232 g/mol. The van der Waals surface area contributed by atoms with Gasteiger partial charge in [0.05, 0.1) is 12.1 Å². The summed E-state index contributed by atoms with van der Waals surface area (Å²) in [5.74, 6) is -1.02. The second kappa shape index (κ2) is 6.54. The lowest BCUT2D eigenvalue weighted by atomic mass is 10.2. The van der Waals surface area contributed by atoms with E-state index in [2.05, 4.69) is 18.7 Å². The van der Waals surface area contributed by atoms with Gasteiger partial charge in [-0.3, -0.25) is 9.59 Å². The van der Waals surface area contributed by atoms with Crippen LogP contribution in [0.15, 0.2) is 11.3 Å². The highest BCUT2D eigenvalue weighted by molar-refractivity contribution is 6.06. The van der Waals surface area contributed by atoms with Crippen molar-refractivity contribution in [1.29, 1.82) is 0 Å². The van der Waals surface area contributed by atoms with Crippen LogP contribution >= 0.6 is 0 Å². The van der Waals surface area contributed by atoms with Crippen molar-refractivity contribution in [3.05, 3.63) is 11.3 Å². The number of rotatable bonds is 7. The maximum Gasteiger partial charge on any atom is 0.289 e. The average molecular weight is 254 g/mol. The lowest BCUT2D eigenvalue weighted by Gasteiger charge is -2.21. The molecule has 1 amide bonds. The molecule has 0 fully saturated rings. The summed E-state index contributed by atoms with van der Waals surface area (Å²) in [7, 11) is 0. The lowest BCUT2D eigenvalue weighted by molar-refractivity contribution is -0.127. The summed E-state index contributed by atoms with van der Waals surface area (Å²) in [5, 5.41) is 9.56. The lowest BCUT2D eigenvalue weighted by Crippen LogP contribution is -2.32. The number of ketones is 1. The van der Waals surface area contributed by atoms with E-state index in [4.69, 9.17) is 0 Å². The number of hydrogen-bond donors (Lipinski definition) is 1. The summed E-state index contributed by atoms with van der Waals surface area (Å²) in [6.07, 6.45) is 0.853. The van der Waals surface area contributed by atoms with Crippen LogP contribution < -0.4 is 0 Å². The quantitative estimate of drug-likeness (QED) is 0.735. The van der Waals surface area contributed by atoms with E-state index in [0.29, 0.717) is 6.54 Å². The summed E-state index contributed by atoms with van der Waals surface area (Å²) in [4.78, 5) is 26.7. The van der Waals surface area contributed by atoms with Crippen molar-refractivity contribution in [2.75, 3.05) is 32.7 Å². The minimum absolute atomic E-state index is 0.230. The SMILES string of the molecule is CCN(CC)CCCN1CC(C(C)=O)=C(O)C1=O. The molecule has 1 N–H and O–H groups in total. The van der Waals surface area contributed by atoms with Crippen molar-refractivity contribution >= 4 is 11.7 Å². The highest BCUT2D eigenvalue weighted by atomic mass is 16.3. The molecule has 18 heavy (non-hydrogen) atoms. The Morgan fingerprint density at radius 3 is 2.44 bits per heavy atom. The fourth-order valence-electron chi connectivity index (χ4n) is 2.10. The maximum absolute atomic E-state index is 11.7. The van der Waals surface area contributed by atoms with Gasteiger partial charge in [0, 0.05) is 6.54 Å². The molecule has 1 aliphatic rings. The van der Waals surface area contributed by atoms with Crippen LogP contribution in [-0.2, 0) is 9.59 Å². The molecule has 0 aromatic rings. The number of carbonyl (C=O) groups is 2. The van der Waals surface area contributed by atoms with Gasteiger partial charge in [-0.1, -0.05) is 13.8 Å². The number of amides is 1. The first-order chi connectivity index (χ1) is 8.51. The topological polar surface area (TPSA) is 60.9 Å². The van der Waals surface area contributed by atoms with Gasteiger partial charge in [-0.15, -0.1) is 0 Å². The Labute approximate surface area is 108 Å². The number of Topliss-reactive ketones (excluding diaryl/α,β-unsaturated/α-hetero) is 1. The zero-order chi connectivity index (χ0) is 13.7. The van der Waals surface area contributed by atoms with Crippen molar-refractivity contribution in [1.82, 2.24) is 9.80 Å². The third kappa shape index (κ3) is 3.32. The zero-order valence-corrected chi connectivity index (χ0v) is 11.4. The standard InChI is InChI=1S/C13H22N2O3/c1-4-14(5-2)7-6-8-15-9-11(10(3)16)12(17)13(15)18/h17H,4-9H2,1-3H3. The zero-order valence-electron chi connectivity index (χ0n) is 11.4. The van der Waals surface area contributed by atoms with Crippen molar-refractivity contribution in [2.45, 2.75) is 27.2 Å². The normalized spacial score (nSPS) is 16.0. The third-order valence-corrected chi connectivity index (χ3v) is 3.35. The van der Waals surface area contributed by atoms with Gasteiger partial charge in [0.25, 0.3) is 5.91 Å². The van der Waals surface area contributed by atoms with E-state index in [0.717, 1.165) is 26.1 Å². The van der Waals surface area contributed by atoms with Crippen molar-refractivity contribution in [2.24, 2.45) is 0 Å². The Bertz CT molecular complexity index is 359. The molecule has 0 saturated heterocycles. The van der Waals surface area contributed by atoms with Crippen molar-refractivity contribution in [3.63, 3.8) is 0 Å². The van der Waals surface area contributed by atoms with Crippen LogP contribution in [0.3, 0.4) is 0 Å². The van der Waals surface area contributed by atoms with E-state index in [1.807, 2.05) is 0 Å². The van der Waals surface area contributed by atoms with Crippen LogP contribution in [0.1, 0.15) is 27.2 Å². The second-order valence-electron chi connectivity index (χ2n) is 4.49. The van der Waals surface area contributed by atoms with Gasteiger partial charge in [-0.05, 0) is 33.0 Å². The van der Waals surface area contributed by atoms with Crippen LogP contribution in [0.4, 0.5) is 0 Å². The maximum atomic E-state index is 11.7. The van der Waals surface area contributed by atoms with Gasteiger partial charge in [0.2, 0.25) is 0 Å². The molecule has 102 valence electrons. The van der Waals surface area contributed by atoms with Crippen LogP contribution in [-0.4, -0.2) is 59.3 Å². The van der Waals surface area contributed by atoms with Gasteiger partial charge in [-0.25, -0.2) is 0 Å². The molecular formula is C13H22N2O3. The number of aliphatic hydroxyl groups excluding tert-OH is 1. The number of nitrogens with zero attached hydrogens (tertiary/aromatic N) is 2. The minimum atomic E-state index is -0.417. The van der Waals surface area contributed by atoms with Crippen LogP contribution in [0.5, 0.6) is 0 Å². The molecule has 1 aliphatic heterocycles. The molecule has 5 heteroatoms. The molecule has 1 heterocycles. The number of hydrogen-bond acceptors (Lipinski definition) is 4. The fraction of sp³-hybridized carbons (Fsp3) is 0.692. The Balaban J connectivity index is 2.43. The summed E-state index contributed by atoms with van der Waals surface area (Å²) < 4.78 is 0. The molecule has 0 bridgehead atoms. The predicted octanol–water partition coefficient (Wildman–Crippen LogP) is 0.962. The fourth-order valence-corrected chi connectivity index (χ4v) is 2.10. The molecule has 0 saturated carbocycles. The molecule has 0 radical (unpaired) electrons. The van der Waals surface area contributed by atoms with Gasteiger partial charge >= 0.3 is 0 Å². The summed E-state index contributed by atoms with van der Waals surface area (Å²) >= 11 is 0. The van der Waals surface area contributed by atoms with E-state index in [9.17, 15) is 14.7 Å². The molecule has 5 nitrogen and oxygen atoms in total. The van der Waals surface area contributed by atoms with Crippen LogP contribution in [0.25, 0.3) is 0 Å². The second-order valence-corrected chi connectivity index (χ2v) is 4.49. The number of aliphatic hydroxyl groups is 1. The van der Waals surface area contributed by atoms with Crippen LogP contribution in [0.2, 0.25) is 0 Å². The molecule has 0 unspecified atom stereocenters. The molecule has 0 aromatic carbocycles. The average Bonchev–Trinajstić information content (AvgIpc) is 2.63. The van der Waals surface area contributed by atoms with Crippen molar-refractivity contribution in [3.8, 4) is 0 Å². The predicted molar refractivity (Wildman–Crippen MR) is 69.3 cm³/mol. The molecule has 0 atom stereocenters. The molecule has 1 rings (SSSR count). The van der Waals surface area contributed by atoms with Gasteiger partial charge < -0.3 is 14.9 Å². The Kier molecular flexibility index (Phi) is 5.34. The van der Waals surface area contributed by atoms with E-state index in [-0.39, 0.29) is 23.7 Å². The largest absolute Gasteiger partial charge is 0.503 e. The van der Waals surface area contributed by atoms with E-state index in [1.54, 1.807) is 0 Å². The molecule has 0 spiro atoms. The van der Waals surface area contributed by atoms with Crippen molar-refractivity contribution < 1.29 is 14.7 Å². The highest BCUT2D eigenvalue weighted by Gasteiger charge is 2.31. The van der Waals surface area contributed by atoms with E-state index in [1.165, 1.54) is 11.8 Å². The first-order valence-electron chi connectivity index (χ1n) is 6.45. The molecule has 0 aromatic heterocycles. The number of carbonyl (C=O) groups excluding carboxylic acids is 2. The van der Waals surface area contributed by atoms with Crippen LogP contribution in [0, 0.1) is 0 Å². The molecule has 0 aliphatic carbocycles. The highest BCUT2D eigenvalue weighted by Crippen LogP contribution is 2.17. The van der Waals surface area contributed by atoms with E-state index >= 15 is 0 Å². The van der Waals surface area contributed by atoms with Gasteiger partial charge in [0.1, 0.15) is 0 Å². The van der Waals surface area contributed by atoms with Gasteiger partial charge in [-0.2, -0.15) is 0 Å². The Hall–Kier alpha value is -1.36. The Morgan fingerprint density at radius 1 is 1.39 bits per heavy atom. The smallest absolute Gasteiger partial charge is 0.289 e. The minimum Gasteiger partial charge on any atom is -0.503 e. The van der Waals surface area contributed by atoms with Gasteiger partial charge in [0.15, 0.2) is 11.5 Å². The Morgan fingerprint density at radius 2 is 2.00 bits per heavy atom. The summed E-state index contributed by atoms with van der Waals surface area (Å²) in [5.41, 5.74) is 0.239.